The van der Waals surface area contributed by atoms with E-state index in [4.69, 9.17) is 0 Å². The zero-order valence-corrected chi connectivity index (χ0v) is 20.5. The van der Waals surface area contributed by atoms with Crippen LogP contribution in [-0.2, 0) is 5.41 Å². The molecule has 0 aliphatic carbocycles. The van der Waals surface area contributed by atoms with Gasteiger partial charge in [-0.15, -0.1) is 0 Å². The van der Waals surface area contributed by atoms with Crippen LogP contribution in [0.3, 0.4) is 0 Å². The molecule has 0 unspecified atom stereocenters. The van der Waals surface area contributed by atoms with E-state index in [1.54, 1.807) is 48.5 Å². The first-order chi connectivity index (χ1) is 15.6. The van der Waals surface area contributed by atoms with Crippen molar-refractivity contribution in [3.05, 3.63) is 99.0 Å². The maximum absolute atomic E-state index is 12.4. The maximum Gasteiger partial charge on any atom is 0.269 e. The van der Waals surface area contributed by atoms with Gasteiger partial charge in [0.05, 0.1) is 0 Å². The Morgan fingerprint density at radius 3 is 1.91 bits per heavy atom. The molecule has 0 saturated carbocycles. The fraction of sp³-hybridized carbons (Fsp3) is 0.192. The highest BCUT2D eigenvalue weighted by Gasteiger charge is 2.18. The van der Waals surface area contributed by atoms with E-state index in [0.29, 0.717) is 22.4 Å². The molecular weight excluding hydrogens is 482 g/mol. The number of carbonyl (C=O) groups excluding carboxylic acids is 3. The first-order valence-corrected chi connectivity index (χ1v) is 11.2. The van der Waals surface area contributed by atoms with Gasteiger partial charge < -0.3 is 5.32 Å². The second kappa shape index (κ2) is 10.0. The number of hydrazine groups is 1. The molecule has 0 aliphatic rings. The first kappa shape index (κ1) is 24.2. The lowest BCUT2D eigenvalue weighted by atomic mass is 9.86. The summed E-state index contributed by atoms with van der Waals surface area (Å²) in [5.41, 5.74) is 8.65. The number of rotatable bonds is 4. The van der Waals surface area contributed by atoms with Crippen LogP contribution in [0.4, 0.5) is 5.69 Å². The SMILES string of the molecule is Cc1ccccc1C(=O)Nc1ccc(C(=O)NNC(=O)c2ccc(C(C)(C)C)c(Br)c2)cc1. The third-order valence-corrected chi connectivity index (χ3v) is 5.78. The molecule has 0 heterocycles. The summed E-state index contributed by atoms with van der Waals surface area (Å²) in [5.74, 6) is -1.11. The van der Waals surface area contributed by atoms with Gasteiger partial charge in [-0.05, 0) is 65.9 Å². The number of anilines is 1. The molecule has 3 rings (SSSR count). The molecule has 3 N–H and O–H groups in total. The maximum atomic E-state index is 12.4. The Hall–Kier alpha value is -3.45. The smallest absolute Gasteiger partial charge is 0.269 e. The van der Waals surface area contributed by atoms with Crippen LogP contribution in [0.5, 0.6) is 0 Å². The number of amides is 3. The summed E-state index contributed by atoms with van der Waals surface area (Å²) in [4.78, 5) is 37.3. The number of aryl methyl sites for hydroxylation is 1. The van der Waals surface area contributed by atoms with Crippen molar-refractivity contribution in [3.63, 3.8) is 0 Å². The average Bonchev–Trinajstić information content (AvgIpc) is 2.77. The van der Waals surface area contributed by atoms with Gasteiger partial charge >= 0.3 is 0 Å². The number of carbonyl (C=O) groups is 3. The van der Waals surface area contributed by atoms with Gasteiger partial charge in [-0.1, -0.05) is 61.0 Å². The molecule has 3 amide bonds. The molecule has 6 nitrogen and oxygen atoms in total. The second-order valence-electron chi connectivity index (χ2n) is 8.70. The zero-order chi connectivity index (χ0) is 24.2. The molecule has 7 heteroatoms. The Kier molecular flexibility index (Phi) is 7.33. The van der Waals surface area contributed by atoms with E-state index in [9.17, 15) is 14.4 Å². The van der Waals surface area contributed by atoms with Crippen LogP contribution < -0.4 is 16.2 Å². The minimum Gasteiger partial charge on any atom is -0.322 e. The summed E-state index contributed by atoms with van der Waals surface area (Å²) in [6.07, 6.45) is 0. The third kappa shape index (κ3) is 6.08. The number of halogens is 1. The van der Waals surface area contributed by atoms with Gasteiger partial charge in [0.2, 0.25) is 0 Å². The van der Waals surface area contributed by atoms with E-state index in [0.717, 1.165) is 15.6 Å². The van der Waals surface area contributed by atoms with Crippen molar-refractivity contribution < 1.29 is 14.4 Å². The van der Waals surface area contributed by atoms with E-state index < -0.39 is 11.8 Å². The quantitative estimate of drug-likeness (QED) is 0.414. The fourth-order valence-corrected chi connectivity index (χ4v) is 4.23. The molecule has 0 aromatic heterocycles. The van der Waals surface area contributed by atoms with Crippen molar-refractivity contribution in [2.24, 2.45) is 0 Å². The van der Waals surface area contributed by atoms with Gasteiger partial charge in [0.15, 0.2) is 0 Å². The largest absolute Gasteiger partial charge is 0.322 e. The van der Waals surface area contributed by atoms with Crippen molar-refractivity contribution in [1.82, 2.24) is 10.9 Å². The molecule has 33 heavy (non-hydrogen) atoms. The first-order valence-electron chi connectivity index (χ1n) is 10.4. The van der Waals surface area contributed by atoms with Crippen molar-refractivity contribution in [3.8, 4) is 0 Å². The highest BCUT2D eigenvalue weighted by atomic mass is 79.9. The Bertz CT molecular complexity index is 1200. The molecular formula is C26H26BrN3O3. The predicted octanol–water partition coefficient (Wildman–Crippen LogP) is 5.38. The highest BCUT2D eigenvalue weighted by molar-refractivity contribution is 9.10. The van der Waals surface area contributed by atoms with Crippen molar-refractivity contribution in [2.45, 2.75) is 33.1 Å². The molecule has 0 saturated heterocycles. The van der Waals surface area contributed by atoms with E-state index >= 15 is 0 Å². The molecule has 0 radical (unpaired) electrons. The lowest BCUT2D eigenvalue weighted by Gasteiger charge is -2.21. The number of hydrogen-bond acceptors (Lipinski definition) is 3. The van der Waals surface area contributed by atoms with Gasteiger partial charge in [-0.25, -0.2) is 0 Å². The Labute approximate surface area is 201 Å². The lowest BCUT2D eigenvalue weighted by molar-refractivity contribution is 0.0846. The number of nitrogens with one attached hydrogen (secondary N) is 3. The number of benzene rings is 3. The highest BCUT2D eigenvalue weighted by Crippen LogP contribution is 2.30. The van der Waals surface area contributed by atoms with Crippen LogP contribution in [0.15, 0.2) is 71.2 Å². The zero-order valence-electron chi connectivity index (χ0n) is 19.0. The standard InChI is InChI=1S/C26H26BrN3O3/c1-16-7-5-6-8-20(16)25(33)28-19-12-9-17(10-13-19)23(31)29-30-24(32)18-11-14-21(22(27)15-18)26(2,3)4/h5-15H,1-4H3,(H,28,33)(H,29,31)(H,30,32). The summed E-state index contributed by atoms with van der Waals surface area (Å²) in [5, 5.41) is 2.81. The Morgan fingerprint density at radius 1 is 0.758 bits per heavy atom. The van der Waals surface area contributed by atoms with Gasteiger partial charge in [0.25, 0.3) is 17.7 Å². The van der Waals surface area contributed by atoms with Gasteiger partial charge in [-0.3, -0.25) is 25.2 Å². The summed E-state index contributed by atoms with van der Waals surface area (Å²) in [6, 6.07) is 19.1. The fourth-order valence-electron chi connectivity index (χ4n) is 3.25. The normalized spacial score (nSPS) is 10.9. The van der Waals surface area contributed by atoms with Crippen LogP contribution >= 0.6 is 15.9 Å². The average molecular weight is 508 g/mol. The summed E-state index contributed by atoms with van der Waals surface area (Å²) < 4.78 is 0.831. The van der Waals surface area contributed by atoms with E-state index in [1.807, 2.05) is 25.1 Å². The predicted molar refractivity (Wildman–Crippen MR) is 133 cm³/mol. The molecule has 3 aromatic rings. The van der Waals surface area contributed by atoms with E-state index in [1.165, 1.54) is 0 Å². The topological polar surface area (TPSA) is 87.3 Å². The van der Waals surface area contributed by atoms with Crippen LogP contribution in [0.1, 0.15) is 63.0 Å². The molecule has 170 valence electrons. The van der Waals surface area contributed by atoms with Gasteiger partial charge in [-0.2, -0.15) is 0 Å². The minimum atomic E-state index is -0.467. The van der Waals surface area contributed by atoms with Crippen LogP contribution in [0.2, 0.25) is 0 Å². The van der Waals surface area contributed by atoms with E-state index in [2.05, 4.69) is 52.9 Å². The molecule has 0 fully saturated rings. The van der Waals surface area contributed by atoms with Crippen molar-refractivity contribution in [2.75, 3.05) is 5.32 Å². The minimum absolute atomic E-state index is 0.0619. The van der Waals surface area contributed by atoms with Gasteiger partial charge in [0, 0.05) is 26.9 Å². The molecule has 3 aromatic carbocycles. The second-order valence-corrected chi connectivity index (χ2v) is 9.55. The van der Waals surface area contributed by atoms with Gasteiger partial charge in [0.1, 0.15) is 0 Å². The summed E-state index contributed by atoms with van der Waals surface area (Å²) in [7, 11) is 0. The van der Waals surface area contributed by atoms with Crippen molar-refractivity contribution in [1.29, 1.82) is 0 Å². The number of hydrogen-bond donors (Lipinski definition) is 3. The molecule has 0 bridgehead atoms. The molecule has 0 spiro atoms. The summed E-state index contributed by atoms with van der Waals surface area (Å²) >= 11 is 3.51. The lowest BCUT2D eigenvalue weighted by Crippen LogP contribution is -2.41. The van der Waals surface area contributed by atoms with Crippen LogP contribution in [-0.4, -0.2) is 17.7 Å². The third-order valence-electron chi connectivity index (χ3n) is 5.12. The Balaban J connectivity index is 1.59. The van der Waals surface area contributed by atoms with Crippen LogP contribution in [0.25, 0.3) is 0 Å². The molecule has 0 atom stereocenters. The van der Waals surface area contributed by atoms with E-state index in [-0.39, 0.29) is 11.3 Å². The van der Waals surface area contributed by atoms with Crippen LogP contribution in [0, 0.1) is 6.92 Å². The van der Waals surface area contributed by atoms with Crippen molar-refractivity contribution >= 4 is 39.3 Å². The Morgan fingerprint density at radius 2 is 1.33 bits per heavy atom. The monoisotopic (exact) mass is 507 g/mol. The molecule has 0 aliphatic heterocycles. The summed E-state index contributed by atoms with van der Waals surface area (Å²) in [6.45, 7) is 8.14.